The Labute approximate surface area is 491 Å². The smallest absolute Gasteiger partial charge is 0.306 e. The lowest BCUT2D eigenvalue weighted by Crippen LogP contribution is -2.37. The molecule has 0 aromatic rings. The number of unbranched alkanes of at least 4 members (excludes halogenated alkanes) is 21. The van der Waals surface area contributed by atoms with E-state index in [4.69, 9.17) is 18.5 Å². The Hall–Kier alpha value is -3.85. The highest BCUT2D eigenvalue weighted by molar-refractivity contribution is 7.45. The average molecular weight is 1130 g/mol. The number of quaternary nitrogens is 1. The van der Waals surface area contributed by atoms with E-state index in [9.17, 15) is 19.0 Å². The fraction of sp³-hybridized carbons (Fsp3) is 0.657. The SMILES string of the molecule is CC/C=C\C/C=C\C/C=C\C/C=C\C/C=C\C/C=C\C/C=C\C/C=C\C/C=C\C/C=C\CCCCCCCCCCCCC(=O)OC(COC(=O)CCCCCCC/C=C\CCCCCCCC)COP(=O)([O-])OCC[N+](C)(C)C. The van der Waals surface area contributed by atoms with Crippen LogP contribution in [0.2, 0.25) is 0 Å². The van der Waals surface area contributed by atoms with E-state index in [0.717, 1.165) is 122 Å². The number of hydrogen-bond acceptors (Lipinski definition) is 8. The molecule has 10 heteroatoms. The predicted octanol–water partition coefficient (Wildman–Crippen LogP) is 19.9. The third-order valence-electron chi connectivity index (χ3n) is 13.2. The van der Waals surface area contributed by atoms with Gasteiger partial charge < -0.3 is 27.9 Å². The van der Waals surface area contributed by atoms with Crippen LogP contribution in [0.15, 0.2) is 134 Å². The summed E-state index contributed by atoms with van der Waals surface area (Å²) in [5.74, 6) is -0.853. The monoisotopic (exact) mass is 1130 g/mol. The minimum absolute atomic E-state index is 0.0383. The van der Waals surface area contributed by atoms with E-state index in [0.29, 0.717) is 23.9 Å². The standard InChI is InChI=1S/C70H118NO8P/c1-6-8-10-12-14-16-18-20-22-23-24-25-26-27-28-29-30-31-32-33-34-35-36-37-38-39-40-41-42-43-44-45-46-47-49-51-53-55-57-59-61-63-70(73)79-68(67-78-80(74,75)77-65-64-71(3,4)5)66-76-69(72)62-60-58-56-54-52-50-48-21-19-17-15-13-11-9-7-2/h8,10,14,16,20-22,24-25,27-28,30-31,33-34,36-37,39-40,42-43,48,68H,6-7,9,11-13,15,17-19,23,26,29,32,35,38,41,44-47,49-67H2,1-5H3/b10-8-,16-14-,22-20-,25-24-,28-27-,31-30-,34-33-,37-36-,40-39-,43-42-,48-21-. The van der Waals surface area contributed by atoms with Crippen LogP contribution in [0.5, 0.6) is 0 Å². The van der Waals surface area contributed by atoms with Crippen LogP contribution < -0.4 is 4.89 Å². The van der Waals surface area contributed by atoms with Gasteiger partial charge in [-0.15, -0.1) is 0 Å². The molecule has 0 N–H and O–H groups in total. The normalized spacial score (nSPS) is 14.1. The number of carbonyl (C=O) groups excluding carboxylic acids is 2. The molecule has 80 heavy (non-hydrogen) atoms. The van der Waals surface area contributed by atoms with Crippen molar-refractivity contribution in [2.24, 2.45) is 0 Å². The van der Waals surface area contributed by atoms with Crippen LogP contribution in [-0.2, 0) is 32.7 Å². The number of carbonyl (C=O) groups is 2. The molecule has 0 aromatic heterocycles. The van der Waals surface area contributed by atoms with Gasteiger partial charge in [0, 0.05) is 12.8 Å². The minimum Gasteiger partial charge on any atom is -0.756 e. The number of ether oxygens (including phenoxy) is 2. The van der Waals surface area contributed by atoms with Gasteiger partial charge in [0.1, 0.15) is 19.8 Å². The number of hydrogen-bond donors (Lipinski definition) is 0. The van der Waals surface area contributed by atoms with Gasteiger partial charge in [0.25, 0.3) is 7.82 Å². The molecule has 9 nitrogen and oxygen atoms in total. The van der Waals surface area contributed by atoms with Crippen LogP contribution in [0.1, 0.15) is 245 Å². The number of allylic oxidation sites excluding steroid dienone is 22. The number of esters is 2. The molecule has 0 spiro atoms. The molecule has 2 atom stereocenters. The Kier molecular flexibility index (Phi) is 56.9. The Morgan fingerprint density at radius 1 is 0.400 bits per heavy atom. The van der Waals surface area contributed by atoms with Crippen LogP contribution in [0.25, 0.3) is 0 Å². The maximum atomic E-state index is 12.8. The average Bonchev–Trinajstić information content (AvgIpc) is 3.42. The van der Waals surface area contributed by atoms with Crippen LogP contribution in [0.4, 0.5) is 0 Å². The van der Waals surface area contributed by atoms with Gasteiger partial charge in [-0.3, -0.25) is 14.2 Å². The number of rotatable bonds is 57. The first-order chi connectivity index (χ1) is 39.0. The van der Waals surface area contributed by atoms with Gasteiger partial charge >= 0.3 is 11.9 Å². The van der Waals surface area contributed by atoms with E-state index in [1.54, 1.807) is 0 Å². The van der Waals surface area contributed by atoms with Crippen LogP contribution in [-0.4, -0.2) is 70.0 Å². The fourth-order valence-electron chi connectivity index (χ4n) is 8.27. The Bertz CT molecular complexity index is 1810. The van der Waals surface area contributed by atoms with Crippen molar-refractivity contribution < 1.29 is 42.1 Å². The van der Waals surface area contributed by atoms with Crippen molar-refractivity contribution in [1.82, 2.24) is 0 Å². The first kappa shape index (κ1) is 76.1. The summed E-state index contributed by atoms with van der Waals surface area (Å²) in [6.45, 7) is 4.10. The lowest BCUT2D eigenvalue weighted by atomic mass is 10.0. The summed E-state index contributed by atoms with van der Waals surface area (Å²) >= 11 is 0. The second-order valence-corrected chi connectivity index (χ2v) is 23.4. The summed E-state index contributed by atoms with van der Waals surface area (Å²) in [5.41, 5.74) is 0. The molecule has 0 saturated carbocycles. The van der Waals surface area contributed by atoms with Gasteiger partial charge in [0.05, 0.1) is 27.7 Å². The van der Waals surface area contributed by atoms with Crippen molar-refractivity contribution in [1.29, 1.82) is 0 Å². The molecule has 0 radical (unpaired) electrons. The van der Waals surface area contributed by atoms with E-state index in [1.807, 2.05) is 21.1 Å². The molecule has 0 aliphatic rings. The van der Waals surface area contributed by atoms with Crippen LogP contribution in [0.3, 0.4) is 0 Å². The lowest BCUT2D eigenvalue weighted by molar-refractivity contribution is -0.870. The van der Waals surface area contributed by atoms with Crippen molar-refractivity contribution in [3.63, 3.8) is 0 Å². The maximum absolute atomic E-state index is 12.8. The molecule has 0 fully saturated rings. The molecular weight excluding hydrogens is 1010 g/mol. The predicted molar refractivity (Wildman–Crippen MR) is 341 cm³/mol. The molecule has 456 valence electrons. The highest BCUT2D eigenvalue weighted by Crippen LogP contribution is 2.38. The molecular formula is C70H118NO8P. The zero-order valence-electron chi connectivity index (χ0n) is 51.7. The molecule has 2 unspecified atom stereocenters. The quantitative estimate of drug-likeness (QED) is 0.0195. The van der Waals surface area contributed by atoms with E-state index < -0.39 is 32.5 Å². The third-order valence-corrected chi connectivity index (χ3v) is 14.1. The summed E-state index contributed by atoms with van der Waals surface area (Å²) in [6.07, 6.45) is 86.6. The van der Waals surface area contributed by atoms with Crippen molar-refractivity contribution >= 4 is 19.8 Å². The molecule has 0 amide bonds. The fourth-order valence-corrected chi connectivity index (χ4v) is 9.00. The summed E-state index contributed by atoms with van der Waals surface area (Å²) < 4.78 is 34.1. The van der Waals surface area contributed by atoms with E-state index in [-0.39, 0.29) is 26.1 Å². The Morgan fingerprint density at radius 2 is 0.713 bits per heavy atom. The molecule has 0 saturated heterocycles. The summed E-state index contributed by atoms with van der Waals surface area (Å²) in [5, 5.41) is 0. The number of phosphoric acid groups is 1. The highest BCUT2D eigenvalue weighted by Gasteiger charge is 2.22. The van der Waals surface area contributed by atoms with Crippen LogP contribution >= 0.6 is 7.82 Å². The van der Waals surface area contributed by atoms with Crippen molar-refractivity contribution in [2.45, 2.75) is 251 Å². The van der Waals surface area contributed by atoms with E-state index in [1.165, 1.54) is 83.5 Å². The first-order valence-corrected chi connectivity index (χ1v) is 33.4. The minimum atomic E-state index is -4.65. The second kappa shape index (κ2) is 59.8. The number of likely N-dealkylation sites (N-methyl/N-ethyl adjacent to an activating group) is 1. The summed E-state index contributed by atoms with van der Waals surface area (Å²) in [7, 11) is 1.15. The van der Waals surface area contributed by atoms with Crippen molar-refractivity contribution in [3.8, 4) is 0 Å². The van der Waals surface area contributed by atoms with Gasteiger partial charge in [-0.25, -0.2) is 0 Å². The zero-order valence-corrected chi connectivity index (χ0v) is 52.6. The molecule has 0 aliphatic carbocycles. The molecule has 0 aromatic carbocycles. The molecule has 0 bridgehead atoms. The first-order valence-electron chi connectivity index (χ1n) is 31.9. The zero-order chi connectivity index (χ0) is 58.4. The Morgan fingerprint density at radius 3 is 1.07 bits per heavy atom. The van der Waals surface area contributed by atoms with E-state index in [2.05, 4.69) is 148 Å². The van der Waals surface area contributed by atoms with Gasteiger partial charge in [0.2, 0.25) is 0 Å². The third kappa shape index (κ3) is 63.3. The summed E-state index contributed by atoms with van der Waals surface area (Å²) in [4.78, 5) is 37.9. The van der Waals surface area contributed by atoms with Crippen molar-refractivity contribution in [3.05, 3.63) is 134 Å². The largest absolute Gasteiger partial charge is 0.756 e. The Balaban J connectivity index is 4.08. The van der Waals surface area contributed by atoms with E-state index >= 15 is 0 Å². The van der Waals surface area contributed by atoms with Gasteiger partial charge in [-0.05, 0) is 116 Å². The van der Waals surface area contributed by atoms with Crippen molar-refractivity contribution in [2.75, 3.05) is 47.5 Å². The van der Waals surface area contributed by atoms with Gasteiger partial charge in [0.15, 0.2) is 6.10 Å². The van der Waals surface area contributed by atoms with Gasteiger partial charge in [-0.1, -0.05) is 250 Å². The molecule has 0 aliphatic heterocycles. The topological polar surface area (TPSA) is 111 Å². The highest BCUT2D eigenvalue weighted by atomic mass is 31.2. The number of phosphoric ester groups is 1. The van der Waals surface area contributed by atoms with Crippen LogP contribution in [0, 0.1) is 0 Å². The lowest BCUT2D eigenvalue weighted by Gasteiger charge is -2.28. The molecule has 0 rings (SSSR count). The maximum Gasteiger partial charge on any atom is 0.306 e. The van der Waals surface area contributed by atoms with Gasteiger partial charge in [-0.2, -0.15) is 0 Å². The molecule has 0 heterocycles. The number of nitrogens with zero attached hydrogens (tertiary/aromatic N) is 1. The summed E-state index contributed by atoms with van der Waals surface area (Å²) in [6, 6.07) is 0. The second-order valence-electron chi connectivity index (χ2n) is 22.0.